The second kappa shape index (κ2) is 5.61. The Morgan fingerprint density at radius 3 is 2.88 bits per heavy atom. The molecular formula is C10H14ClN2O2S-. The molecule has 1 N–H and O–H groups in total. The van der Waals surface area contributed by atoms with Gasteiger partial charge in [0.15, 0.2) is 9.84 Å². The van der Waals surface area contributed by atoms with Crippen LogP contribution in [0.5, 0.6) is 0 Å². The Morgan fingerprint density at radius 2 is 2.31 bits per heavy atom. The number of pyridine rings is 1. The third-order valence-electron chi connectivity index (χ3n) is 2.55. The fourth-order valence-electron chi connectivity index (χ4n) is 1.72. The average molecular weight is 262 g/mol. The van der Waals surface area contributed by atoms with E-state index in [2.05, 4.69) is 10.3 Å². The number of hydrogen-bond donors (Lipinski definition) is 1. The summed E-state index contributed by atoms with van der Waals surface area (Å²) in [5.41, 5.74) is 1.08. The van der Waals surface area contributed by atoms with Gasteiger partial charge in [-0.05, 0) is 18.1 Å². The number of nitrogens with zero attached hydrogens (tertiary/aromatic N) is 1. The van der Waals surface area contributed by atoms with Crippen molar-refractivity contribution in [2.45, 2.75) is 19.0 Å². The highest BCUT2D eigenvalue weighted by Crippen LogP contribution is 2.11. The van der Waals surface area contributed by atoms with Crippen molar-refractivity contribution in [2.24, 2.45) is 0 Å². The number of nitrogens with one attached hydrogen (secondary N) is 1. The zero-order valence-electron chi connectivity index (χ0n) is 8.77. The molecule has 1 unspecified atom stereocenters. The van der Waals surface area contributed by atoms with E-state index in [0.717, 1.165) is 12.0 Å². The van der Waals surface area contributed by atoms with Gasteiger partial charge in [0, 0.05) is 25.0 Å². The first-order valence-electron chi connectivity index (χ1n) is 4.98. The van der Waals surface area contributed by atoms with Gasteiger partial charge in [0.2, 0.25) is 0 Å². The summed E-state index contributed by atoms with van der Waals surface area (Å²) in [5.74, 6) is 0.588. The largest absolute Gasteiger partial charge is 1.00 e. The Balaban J connectivity index is 0.00000128. The summed E-state index contributed by atoms with van der Waals surface area (Å²) < 4.78 is 22.4. The third kappa shape index (κ3) is 3.73. The van der Waals surface area contributed by atoms with Gasteiger partial charge in [0.25, 0.3) is 0 Å². The molecule has 0 bridgehead atoms. The Labute approximate surface area is 102 Å². The molecule has 1 aromatic rings. The molecular weight excluding hydrogens is 248 g/mol. The van der Waals surface area contributed by atoms with Gasteiger partial charge in [-0.1, -0.05) is 6.07 Å². The first kappa shape index (κ1) is 13.4. The van der Waals surface area contributed by atoms with Crippen molar-refractivity contribution in [1.82, 2.24) is 10.3 Å². The summed E-state index contributed by atoms with van der Waals surface area (Å²) in [6, 6.07) is 3.96. The normalized spacial score (nSPS) is 22.6. The second-order valence-corrected chi connectivity index (χ2v) is 6.07. The summed E-state index contributed by atoms with van der Waals surface area (Å²) in [6.45, 7) is 0.689. The van der Waals surface area contributed by atoms with Crippen molar-refractivity contribution < 1.29 is 20.8 Å². The topological polar surface area (TPSA) is 59.1 Å². The van der Waals surface area contributed by atoms with E-state index < -0.39 is 9.84 Å². The molecule has 16 heavy (non-hydrogen) atoms. The van der Waals surface area contributed by atoms with Crippen LogP contribution in [0.3, 0.4) is 0 Å². The third-order valence-corrected chi connectivity index (χ3v) is 4.32. The Hall–Kier alpha value is -0.650. The predicted octanol–water partition coefficient (Wildman–Crippen LogP) is -2.64. The van der Waals surface area contributed by atoms with Gasteiger partial charge >= 0.3 is 0 Å². The van der Waals surface area contributed by atoms with E-state index in [9.17, 15) is 8.42 Å². The molecule has 0 aromatic carbocycles. The van der Waals surface area contributed by atoms with Crippen LogP contribution < -0.4 is 17.7 Å². The quantitative estimate of drug-likeness (QED) is 0.647. The van der Waals surface area contributed by atoms with E-state index in [4.69, 9.17) is 0 Å². The van der Waals surface area contributed by atoms with Gasteiger partial charge in [-0.25, -0.2) is 8.42 Å². The number of aromatic nitrogens is 1. The molecule has 4 nitrogen and oxygen atoms in total. The van der Waals surface area contributed by atoms with Gasteiger partial charge < -0.3 is 17.7 Å². The molecule has 1 aliphatic rings. The van der Waals surface area contributed by atoms with Gasteiger partial charge in [0.1, 0.15) is 0 Å². The predicted molar refractivity (Wildman–Crippen MR) is 58.1 cm³/mol. The first-order chi connectivity index (χ1) is 7.16. The Bertz CT molecular complexity index is 422. The number of hydrogen-bond acceptors (Lipinski definition) is 4. The summed E-state index contributed by atoms with van der Waals surface area (Å²) in [5, 5.41) is 3.23. The van der Waals surface area contributed by atoms with E-state index in [0.29, 0.717) is 12.3 Å². The van der Waals surface area contributed by atoms with E-state index in [1.54, 1.807) is 12.4 Å². The standard InChI is InChI=1S/C10H14N2O2S.ClH/c13-15(14)5-3-10(8-15)12-7-9-2-1-4-11-6-9;/h1-2,4,6,10,12H,3,5,7-8H2;1H/p-1. The molecule has 2 rings (SSSR count). The van der Waals surface area contributed by atoms with Crippen molar-refractivity contribution in [3.63, 3.8) is 0 Å². The molecule has 90 valence electrons. The Kier molecular flexibility index (Phi) is 4.70. The lowest BCUT2D eigenvalue weighted by molar-refractivity contribution is -0.00000566. The van der Waals surface area contributed by atoms with Crippen molar-refractivity contribution in [3.8, 4) is 0 Å². The lowest BCUT2D eigenvalue weighted by Crippen LogP contribution is -3.00. The fourth-order valence-corrected chi connectivity index (χ4v) is 3.43. The molecule has 0 amide bonds. The summed E-state index contributed by atoms with van der Waals surface area (Å²) >= 11 is 0. The molecule has 0 saturated carbocycles. The molecule has 1 saturated heterocycles. The van der Waals surface area contributed by atoms with Crippen LogP contribution in [0.15, 0.2) is 24.5 Å². The van der Waals surface area contributed by atoms with Gasteiger partial charge in [0.05, 0.1) is 11.5 Å². The maximum absolute atomic E-state index is 11.2. The molecule has 6 heteroatoms. The molecule has 2 heterocycles. The molecule has 1 fully saturated rings. The highest BCUT2D eigenvalue weighted by Gasteiger charge is 2.27. The maximum Gasteiger partial charge on any atom is 0.151 e. The van der Waals surface area contributed by atoms with Crippen molar-refractivity contribution in [1.29, 1.82) is 0 Å². The highest BCUT2D eigenvalue weighted by molar-refractivity contribution is 7.91. The summed E-state index contributed by atoms with van der Waals surface area (Å²) in [4.78, 5) is 4.00. The van der Waals surface area contributed by atoms with E-state index >= 15 is 0 Å². The SMILES string of the molecule is O=S1(=O)CCC(NCc2cccnc2)C1.[Cl-]. The van der Waals surface area contributed by atoms with Gasteiger partial charge in [-0.3, -0.25) is 4.98 Å². The van der Waals surface area contributed by atoms with Crippen LogP contribution in [0.4, 0.5) is 0 Å². The van der Waals surface area contributed by atoms with Crippen LogP contribution in [-0.2, 0) is 16.4 Å². The zero-order chi connectivity index (χ0) is 10.7. The van der Waals surface area contributed by atoms with Crippen LogP contribution in [0.1, 0.15) is 12.0 Å². The molecule has 0 radical (unpaired) electrons. The van der Waals surface area contributed by atoms with Crippen LogP contribution in [-0.4, -0.2) is 30.9 Å². The smallest absolute Gasteiger partial charge is 0.151 e. The van der Waals surface area contributed by atoms with Crippen LogP contribution in [0.25, 0.3) is 0 Å². The first-order valence-corrected chi connectivity index (χ1v) is 6.80. The van der Waals surface area contributed by atoms with Gasteiger partial charge in [-0.15, -0.1) is 0 Å². The van der Waals surface area contributed by atoms with Crippen molar-refractivity contribution >= 4 is 9.84 Å². The number of rotatable bonds is 3. The van der Waals surface area contributed by atoms with E-state index in [-0.39, 0.29) is 24.2 Å². The zero-order valence-corrected chi connectivity index (χ0v) is 10.3. The lowest BCUT2D eigenvalue weighted by Gasteiger charge is -2.09. The molecule has 1 aliphatic heterocycles. The molecule has 0 aliphatic carbocycles. The molecule has 1 aromatic heterocycles. The van der Waals surface area contributed by atoms with Crippen LogP contribution in [0.2, 0.25) is 0 Å². The fraction of sp³-hybridized carbons (Fsp3) is 0.500. The Morgan fingerprint density at radius 1 is 1.50 bits per heavy atom. The molecule has 0 spiro atoms. The van der Waals surface area contributed by atoms with Crippen LogP contribution >= 0.6 is 0 Å². The summed E-state index contributed by atoms with van der Waals surface area (Å²) in [7, 11) is -2.78. The van der Waals surface area contributed by atoms with Crippen molar-refractivity contribution in [2.75, 3.05) is 11.5 Å². The number of sulfone groups is 1. The minimum Gasteiger partial charge on any atom is -1.00 e. The highest BCUT2D eigenvalue weighted by atomic mass is 35.5. The maximum atomic E-state index is 11.2. The minimum absolute atomic E-state index is 0. The number of halogens is 1. The lowest BCUT2D eigenvalue weighted by atomic mass is 10.2. The van der Waals surface area contributed by atoms with E-state index in [1.165, 1.54) is 0 Å². The van der Waals surface area contributed by atoms with E-state index in [1.807, 2.05) is 12.1 Å². The van der Waals surface area contributed by atoms with Gasteiger partial charge in [-0.2, -0.15) is 0 Å². The summed E-state index contributed by atoms with van der Waals surface area (Å²) in [6.07, 6.45) is 4.24. The monoisotopic (exact) mass is 261 g/mol. The minimum atomic E-state index is -2.78. The van der Waals surface area contributed by atoms with Crippen LogP contribution in [0, 0.1) is 0 Å². The average Bonchev–Trinajstić information content (AvgIpc) is 2.57. The van der Waals surface area contributed by atoms with Crippen molar-refractivity contribution in [3.05, 3.63) is 30.1 Å². The molecule has 1 atom stereocenters. The second-order valence-electron chi connectivity index (χ2n) is 3.84.